The molecule has 2 aliphatic heterocycles. The Bertz CT molecular complexity index is 813. The molecule has 3 aliphatic rings. The zero-order valence-corrected chi connectivity index (χ0v) is 15.0. The van der Waals surface area contributed by atoms with Crippen molar-refractivity contribution in [1.29, 1.82) is 0 Å². The molecule has 2 aromatic rings. The molecule has 4 heterocycles. The van der Waals surface area contributed by atoms with Crippen LogP contribution in [0.5, 0.6) is 0 Å². The number of hydrogen-bond acceptors (Lipinski definition) is 5. The van der Waals surface area contributed by atoms with Gasteiger partial charge in [0.2, 0.25) is 0 Å². The lowest BCUT2D eigenvalue weighted by Gasteiger charge is -2.17. The van der Waals surface area contributed by atoms with Crippen LogP contribution in [0, 0.1) is 0 Å². The SMILES string of the molecule is CN1CCN(c2cnn(C3CCN(c4ccc(C5CC5)nn4)C3)c2)C1=O. The van der Waals surface area contributed by atoms with Crippen LogP contribution < -0.4 is 9.80 Å². The van der Waals surface area contributed by atoms with E-state index in [2.05, 4.69) is 32.3 Å². The highest BCUT2D eigenvalue weighted by molar-refractivity contribution is 5.93. The smallest absolute Gasteiger partial charge is 0.324 e. The molecular formula is C18H23N7O. The molecule has 1 saturated carbocycles. The van der Waals surface area contributed by atoms with Crippen LogP contribution in [0.1, 0.15) is 36.9 Å². The molecule has 2 aromatic heterocycles. The van der Waals surface area contributed by atoms with Crippen molar-refractivity contribution in [3.8, 4) is 0 Å². The molecule has 0 bridgehead atoms. The van der Waals surface area contributed by atoms with E-state index in [0.29, 0.717) is 12.0 Å². The van der Waals surface area contributed by atoms with Crippen molar-refractivity contribution in [3.05, 3.63) is 30.2 Å². The Labute approximate surface area is 152 Å². The summed E-state index contributed by atoms with van der Waals surface area (Å²) in [6.07, 6.45) is 7.30. The fourth-order valence-electron chi connectivity index (χ4n) is 3.82. The molecule has 0 radical (unpaired) electrons. The Morgan fingerprint density at radius 2 is 1.96 bits per heavy atom. The highest BCUT2D eigenvalue weighted by Gasteiger charge is 2.30. The van der Waals surface area contributed by atoms with Crippen LogP contribution in [0.25, 0.3) is 0 Å². The van der Waals surface area contributed by atoms with Gasteiger partial charge in [-0.2, -0.15) is 10.2 Å². The van der Waals surface area contributed by atoms with Crippen molar-refractivity contribution < 1.29 is 4.79 Å². The van der Waals surface area contributed by atoms with Gasteiger partial charge in [0.1, 0.15) is 0 Å². The molecule has 1 atom stereocenters. The second-order valence-corrected chi connectivity index (χ2v) is 7.51. The minimum absolute atomic E-state index is 0.0450. The van der Waals surface area contributed by atoms with Crippen LogP contribution in [0.4, 0.5) is 16.3 Å². The highest BCUT2D eigenvalue weighted by atomic mass is 16.2. The van der Waals surface area contributed by atoms with Gasteiger partial charge in [-0.05, 0) is 31.4 Å². The molecule has 0 spiro atoms. The largest absolute Gasteiger partial charge is 0.353 e. The minimum Gasteiger partial charge on any atom is -0.353 e. The number of nitrogens with zero attached hydrogens (tertiary/aromatic N) is 7. The number of anilines is 2. The lowest BCUT2D eigenvalue weighted by molar-refractivity contribution is 0.229. The maximum atomic E-state index is 12.1. The number of amides is 2. The first-order valence-electron chi connectivity index (χ1n) is 9.34. The van der Waals surface area contributed by atoms with Gasteiger partial charge in [0.05, 0.1) is 23.6 Å². The minimum atomic E-state index is 0.0450. The molecule has 3 fully saturated rings. The van der Waals surface area contributed by atoms with Gasteiger partial charge in [0, 0.05) is 45.3 Å². The van der Waals surface area contributed by atoms with Gasteiger partial charge in [-0.15, -0.1) is 5.10 Å². The third-order valence-corrected chi connectivity index (χ3v) is 5.64. The summed E-state index contributed by atoms with van der Waals surface area (Å²) in [6.45, 7) is 3.30. The molecule has 8 heteroatoms. The van der Waals surface area contributed by atoms with Crippen molar-refractivity contribution in [2.75, 3.05) is 43.0 Å². The van der Waals surface area contributed by atoms with Crippen LogP contribution in [-0.4, -0.2) is 64.1 Å². The van der Waals surface area contributed by atoms with Crippen molar-refractivity contribution in [3.63, 3.8) is 0 Å². The van der Waals surface area contributed by atoms with Crippen LogP contribution in [0.3, 0.4) is 0 Å². The molecule has 26 heavy (non-hydrogen) atoms. The molecule has 0 aromatic carbocycles. The van der Waals surface area contributed by atoms with Gasteiger partial charge in [0.15, 0.2) is 5.82 Å². The third-order valence-electron chi connectivity index (χ3n) is 5.64. The second-order valence-electron chi connectivity index (χ2n) is 7.51. The van der Waals surface area contributed by atoms with Crippen LogP contribution in [0.2, 0.25) is 0 Å². The second kappa shape index (κ2) is 5.96. The summed E-state index contributed by atoms with van der Waals surface area (Å²) in [5.41, 5.74) is 2.01. The van der Waals surface area contributed by atoms with Gasteiger partial charge in [-0.25, -0.2) is 4.79 Å². The Hall–Kier alpha value is -2.64. The molecule has 136 valence electrons. The summed E-state index contributed by atoms with van der Waals surface area (Å²) in [7, 11) is 1.83. The van der Waals surface area contributed by atoms with E-state index in [4.69, 9.17) is 0 Å². The van der Waals surface area contributed by atoms with Crippen molar-refractivity contribution in [2.24, 2.45) is 0 Å². The lowest BCUT2D eigenvalue weighted by atomic mass is 10.3. The molecule has 0 N–H and O–H groups in total. The predicted molar refractivity (Wildman–Crippen MR) is 97.5 cm³/mol. The average Bonchev–Trinajstić information content (AvgIpc) is 3.04. The monoisotopic (exact) mass is 353 g/mol. The molecule has 8 nitrogen and oxygen atoms in total. The van der Waals surface area contributed by atoms with Gasteiger partial charge in [0.25, 0.3) is 0 Å². The molecule has 2 amide bonds. The summed E-state index contributed by atoms with van der Waals surface area (Å²) in [5.74, 6) is 1.58. The van der Waals surface area contributed by atoms with Crippen LogP contribution in [0.15, 0.2) is 24.5 Å². The third kappa shape index (κ3) is 2.69. The van der Waals surface area contributed by atoms with Gasteiger partial charge in [-0.1, -0.05) is 0 Å². The molecular weight excluding hydrogens is 330 g/mol. The number of carbonyl (C=O) groups excluding carboxylic acids is 1. The average molecular weight is 353 g/mol. The summed E-state index contributed by atoms with van der Waals surface area (Å²) in [5, 5.41) is 13.3. The highest BCUT2D eigenvalue weighted by Crippen LogP contribution is 2.39. The van der Waals surface area contributed by atoms with E-state index in [0.717, 1.165) is 49.8 Å². The Balaban J connectivity index is 1.26. The molecule has 1 unspecified atom stereocenters. The van der Waals surface area contributed by atoms with Crippen LogP contribution in [-0.2, 0) is 0 Å². The topological polar surface area (TPSA) is 70.4 Å². The van der Waals surface area contributed by atoms with E-state index in [1.54, 1.807) is 16.0 Å². The summed E-state index contributed by atoms with van der Waals surface area (Å²) in [4.78, 5) is 17.9. The number of carbonyl (C=O) groups is 1. The Morgan fingerprint density at radius 1 is 1.08 bits per heavy atom. The summed E-state index contributed by atoms with van der Waals surface area (Å²) >= 11 is 0. The fraction of sp³-hybridized carbons (Fsp3) is 0.556. The predicted octanol–water partition coefficient (Wildman–Crippen LogP) is 1.87. The van der Waals surface area contributed by atoms with E-state index in [1.807, 2.05) is 17.9 Å². The van der Waals surface area contributed by atoms with E-state index < -0.39 is 0 Å². The first-order chi connectivity index (χ1) is 12.7. The maximum absolute atomic E-state index is 12.1. The zero-order valence-electron chi connectivity index (χ0n) is 15.0. The maximum Gasteiger partial charge on any atom is 0.324 e. The standard InChI is InChI=1S/C18H23N7O/c1-22-8-9-24(18(22)26)15-10-19-25(12-15)14-6-7-23(11-14)17-5-4-16(20-21-17)13-2-3-13/h4-5,10,12-14H,2-3,6-9,11H2,1H3. The van der Waals surface area contributed by atoms with E-state index >= 15 is 0 Å². The van der Waals surface area contributed by atoms with E-state index in [-0.39, 0.29) is 6.03 Å². The number of likely N-dealkylation sites (N-methyl/N-ethyl adjacent to an activating group) is 1. The lowest BCUT2D eigenvalue weighted by Crippen LogP contribution is -2.28. The Morgan fingerprint density at radius 3 is 2.65 bits per heavy atom. The van der Waals surface area contributed by atoms with Crippen LogP contribution >= 0.6 is 0 Å². The molecule has 2 saturated heterocycles. The fourth-order valence-corrected chi connectivity index (χ4v) is 3.82. The zero-order chi connectivity index (χ0) is 17.7. The van der Waals surface area contributed by atoms with E-state index in [1.165, 1.54) is 12.8 Å². The first kappa shape index (κ1) is 15.6. The van der Waals surface area contributed by atoms with Crippen molar-refractivity contribution in [1.82, 2.24) is 24.9 Å². The van der Waals surface area contributed by atoms with Gasteiger partial charge in [-0.3, -0.25) is 9.58 Å². The normalized spacial score (nSPS) is 23.3. The summed E-state index contributed by atoms with van der Waals surface area (Å²) in [6, 6.07) is 4.55. The number of aromatic nitrogens is 4. The molecule has 5 rings (SSSR count). The Kier molecular flexibility index (Phi) is 3.58. The number of urea groups is 1. The molecule has 1 aliphatic carbocycles. The number of rotatable bonds is 4. The summed E-state index contributed by atoms with van der Waals surface area (Å²) < 4.78 is 1.99. The van der Waals surface area contributed by atoms with Gasteiger partial charge >= 0.3 is 6.03 Å². The van der Waals surface area contributed by atoms with Gasteiger partial charge < -0.3 is 9.80 Å². The van der Waals surface area contributed by atoms with E-state index in [9.17, 15) is 4.79 Å². The van der Waals surface area contributed by atoms with Crippen molar-refractivity contribution >= 4 is 17.5 Å². The first-order valence-corrected chi connectivity index (χ1v) is 9.34. The number of hydrogen-bond donors (Lipinski definition) is 0. The van der Waals surface area contributed by atoms with Crippen molar-refractivity contribution in [2.45, 2.75) is 31.2 Å². The quantitative estimate of drug-likeness (QED) is 0.839.